The second kappa shape index (κ2) is 6.19. The van der Waals surface area contributed by atoms with Gasteiger partial charge in [0.1, 0.15) is 0 Å². The Morgan fingerprint density at radius 2 is 1.84 bits per heavy atom. The normalized spacial score (nSPS) is 14.4. The molecule has 6 heteroatoms. The zero-order chi connectivity index (χ0) is 17.4. The van der Waals surface area contributed by atoms with Crippen LogP contribution in [-0.4, -0.2) is 25.6 Å². The van der Waals surface area contributed by atoms with Crippen molar-refractivity contribution in [1.82, 2.24) is 19.7 Å². The summed E-state index contributed by atoms with van der Waals surface area (Å²) in [7, 11) is 0. The van der Waals surface area contributed by atoms with Crippen molar-refractivity contribution in [3.05, 3.63) is 54.4 Å². The van der Waals surface area contributed by atoms with Crippen molar-refractivity contribution in [1.29, 1.82) is 0 Å². The van der Waals surface area contributed by atoms with Crippen LogP contribution in [-0.2, 0) is 12.1 Å². The first kappa shape index (κ1) is 16.1. The van der Waals surface area contributed by atoms with Crippen LogP contribution in [0.25, 0.3) is 11.4 Å². The quantitative estimate of drug-likeness (QED) is 0.693. The molecular formula is C19H21N5S. The third kappa shape index (κ3) is 3.14. The predicted molar refractivity (Wildman–Crippen MR) is 102 cm³/mol. The lowest BCUT2D eigenvalue weighted by Crippen LogP contribution is -2.30. The van der Waals surface area contributed by atoms with E-state index in [0.29, 0.717) is 0 Å². The molecule has 0 atom stereocenters. The summed E-state index contributed by atoms with van der Waals surface area (Å²) in [5.41, 5.74) is 3.68. The van der Waals surface area contributed by atoms with Crippen molar-refractivity contribution in [3.63, 3.8) is 0 Å². The van der Waals surface area contributed by atoms with E-state index in [1.165, 1.54) is 5.56 Å². The number of nitrogens with zero attached hydrogens (tertiary/aromatic N) is 5. The average molecular weight is 351 g/mol. The fourth-order valence-electron chi connectivity index (χ4n) is 2.90. The number of benzene rings is 1. The minimum Gasteiger partial charge on any atom is -0.342 e. The van der Waals surface area contributed by atoms with Gasteiger partial charge in [0.25, 0.3) is 0 Å². The number of hydrogen-bond acceptors (Lipinski definition) is 5. The summed E-state index contributed by atoms with van der Waals surface area (Å²) in [5.74, 6) is 1.77. The van der Waals surface area contributed by atoms with Crippen LogP contribution in [0.2, 0.25) is 0 Å². The van der Waals surface area contributed by atoms with Gasteiger partial charge in [-0.05, 0) is 23.1 Å². The van der Waals surface area contributed by atoms with Crippen molar-refractivity contribution >= 4 is 17.4 Å². The van der Waals surface area contributed by atoms with Gasteiger partial charge >= 0.3 is 0 Å². The molecule has 0 amide bonds. The lowest BCUT2D eigenvalue weighted by Gasteiger charge is -2.29. The zero-order valence-corrected chi connectivity index (χ0v) is 15.5. The molecule has 3 aromatic rings. The highest BCUT2D eigenvalue weighted by molar-refractivity contribution is 7.99. The molecule has 0 bridgehead atoms. The summed E-state index contributed by atoms with van der Waals surface area (Å²) in [5, 5.41) is 9.77. The number of pyridine rings is 1. The maximum atomic E-state index is 4.44. The molecule has 0 spiro atoms. The molecule has 25 heavy (non-hydrogen) atoms. The maximum absolute atomic E-state index is 4.44. The van der Waals surface area contributed by atoms with E-state index < -0.39 is 0 Å². The van der Waals surface area contributed by atoms with Gasteiger partial charge in [0.05, 0.1) is 24.4 Å². The van der Waals surface area contributed by atoms with Crippen LogP contribution in [0.3, 0.4) is 0 Å². The second-order valence-corrected chi connectivity index (χ2v) is 8.14. The summed E-state index contributed by atoms with van der Waals surface area (Å²) in [4.78, 5) is 6.50. The summed E-state index contributed by atoms with van der Waals surface area (Å²) >= 11 is 1.70. The predicted octanol–water partition coefficient (Wildman–Crippen LogP) is 4.16. The first-order valence-corrected chi connectivity index (χ1v) is 9.33. The molecule has 0 N–H and O–H groups in total. The molecule has 0 unspecified atom stereocenters. The molecule has 0 saturated carbocycles. The topological polar surface area (TPSA) is 46.8 Å². The summed E-state index contributed by atoms with van der Waals surface area (Å²) in [6.45, 7) is 7.41. The van der Waals surface area contributed by atoms with Gasteiger partial charge < -0.3 is 4.90 Å². The molecule has 1 aliphatic rings. The largest absolute Gasteiger partial charge is 0.342 e. The first-order valence-electron chi connectivity index (χ1n) is 8.34. The van der Waals surface area contributed by atoms with Crippen molar-refractivity contribution in [3.8, 4) is 11.4 Å². The average Bonchev–Trinajstić information content (AvgIpc) is 3.05. The van der Waals surface area contributed by atoms with Crippen molar-refractivity contribution in [2.75, 3.05) is 10.8 Å². The van der Waals surface area contributed by atoms with Crippen LogP contribution in [0, 0.1) is 0 Å². The van der Waals surface area contributed by atoms with E-state index in [0.717, 1.165) is 34.8 Å². The fourth-order valence-corrected chi connectivity index (χ4v) is 3.80. The Morgan fingerprint density at radius 1 is 1.04 bits per heavy atom. The Morgan fingerprint density at radius 3 is 2.52 bits per heavy atom. The van der Waals surface area contributed by atoms with E-state index in [2.05, 4.69) is 75.8 Å². The Kier molecular flexibility index (Phi) is 4.00. The molecule has 5 nitrogen and oxygen atoms in total. The van der Waals surface area contributed by atoms with E-state index in [4.69, 9.17) is 0 Å². The molecule has 4 rings (SSSR count). The van der Waals surface area contributed by atoms with Gasteiger partial charge in [-0.25, -0.2) is 0 Å². The summed E-state index contributed by atoms with van der Waals surface area (Å²) in [6, 6.07) is 12.7. The third-order valence-corrected chi connectivity index (χ3v) is 5.40. The van der Waals surface area contributed by atoms with Crippen LogP contribution >= 0.6 is 11.8 Å². The van der Waals surface area contributed by atoms with Gasteiger partial charge in [-0.3, -0.25) is 9.55 Å². The fraction of sp³-hybridized carbons (Fsp3) is 0.316. The molecule has 0 saturated heterocycles. The minimum absolute atomic E-state index is 0.149. The third-order valence-electron chi connectivity index (χ3n) is 4.40. The van der Waals surface area contributed by atoms with Crippen LogP contribution in [0.1, 0.15) is 26.3 Å². The second-order valence-electron chi connectivity index (χ2n) is 7.23. The summed E-state index contributed by atoms with van der Waals surface area (Å²) in [6.07, 6.45) is 3.70. The molecule has 1 aromatic carbocycles. The Hall–Kier alpha value is -2.34. The van der Waals surface area contributed by atoms with E-state index in [1.54, 1.807) is 18.0 Å². The van der Waals surface area contributed by atoms with Gasteiger partial charge in [0.15, 0.2) is 11.0 Å². The highest BCUT2D eigenvalue weighted by Gasteiger charge is 2.23. The highest BCUT2D eigenvalue weighted by Crippen LogP contribution is 2.32. The smallest absolute Gasteiger partial charge is 0.194 e. The number of hydrogen-bond donors (Lipinski definition) is 0. The molecule has 0 radical (unpaired) electrons. The Labute approximate surface area is 152 Å². The molecule has 1 aliphatic heterocycles. The van der Waals surface area contributed by atoms with Gasteiger partial charge in [-0.1, -0.05) is 56.8 Å². The number of anilines is 1. The lowest BCUT2D eigenvalue weighted by atomic mass is 9.87. The number of fused-ring (bicyclic) bond motifs is 1. The number of thioether (sulfide) groups is 1. The van der Waals surface area contributed by atoms with Gasteiger partial charge in [0.2, 0.25) is 0 Å². The lowest BCUT2D eigenvalue weighted by molar-refractivity contribution is 0.590. The van der Waals surface area contributed by atoms with E-state index in [9.17, 15) is 0 Å². The molecule has 0 fully saturated rings. The summed E-state index contributed by atoms with van der Waals surface area (Å²) < 4.78 is 2.17. The SMILES string of the molecule is CC(C)(C)c1ccc(-c2nnc3n2CN(c2cccnc2)CS3)cc1. The van der Waals surface area contributed by atoms with E-state index >= 15 is 0 Å². The van der Waals surface area contributed by atoms with Crippen molar-refractivity contribution < 1.29 is 0 Å². The Bertz CT molecular complexity index is 865. The number of rotatable bonds is 2. The van der Waals surface area contributed by atoms with Gasteiger partial charge in [0, 0.05) is 11.8 Å². The molecule has 0 aliphatic carbocycles. The van der Waals surface area contributed by atoms with Crippen LogP contribution < -0.4 is 4.90 Å². The first-order chi connectivity index (χ1) is 12.0. The Balaban J connectivity index is 1.65. The molecule has 3 heterocycles. The van der Waals surface area contributed by atoms with Gasteiger partial charge in [-0.2, -0.15) is 0 Å². The van der Waals surface area contributed by atoms with Crippen LogP contribution in [0.15, 0.2) is 53.9 Å². The van der Waals surface area contributed by atoms with Crippen LogP contribution in [0.5, 0.6) is 0 Å². The standard InChI is InChI=1S/C19H21N5S/c1-19(2,3)15-8-6-14(7-9-15)17-21-22-18-24(17)12-23(13-25-18)16-5-4-10-20-11-16/h4-11H,12-13H2,1-3H3. The van der Waals surface area contributed by atoms with Crippen molar-refractivity contribution in [2.45, 2.75) is 38.0 Å². The van der Waals surface area contributed by atoms with E-state index in [1.807, 2.05) is 12.3 Å². The molecule has 2 aromatic heterocycles. The monoisotopic (exact) mass is 351 g/mol. The molecule has 128 valence electrons. The van der Waals surface area contributed by atoms with Gasteiger partial charge in [-0.15, -0.1) is 10.2 Å². The molecular weight excluding hydrogens is 330 g/mol. The maximum Gasteiger partial charge on any atom is 0.194 e. The highest BCUT2D eigenvalue weighted by atomic mass is 32.2. The van der Waals surface area contributed by atoms with Crippen LogP contribution in [0.4, 0.5) is 5.69 Å². The zero-order valence-electron chi connectivity index (χ0n) is 14.7. The minimum atomic E-state index is 0.149. The van der Waals surface area contributed by atoms with Crippen molar-refractivity contribution in [2.24, 2.45) is 0 Å². The number of aromatic nitrogens is 4. The van der Waals surface area contributed by atoms with E-state index in [-0.39, 0.29) is 5.41 Å².